The lowest BCUT2D eigenvalue weighted by Gasteiger charge is -2.30. The van der Waals surface area contributed by atoms with Gasteiger partial charge in [0.25, 0.3) is 11.8 Å². The normalized spacial score (nSPS) is 14.3. The Labute approximate surface area is 254 Å². The minimum Gasteiger partial charge on any atom is -0.497 e. The Morgan fingerprint density at radius 2 is 1.60 bits per heavy atom. The molecule has 0 spiro atoms. The smallest absolute Gasteiger partial charge is 0.270 e. The maximum atomic E-state index is 13.7. The van der Waals surface area contributed by atoms with Crippen LogP contribution in [0, 0.1) is 13.8 Å². The molecule has 1 N–H and O–H groups in total. The van der Waals surface area contributed by atoms with Crippen molar-refractivity contribution in [2.75, 3.05) is 19.1 Å². The van der Waals surface area contributed by atoms with Crippen LogP contribution in [-0.4, -0.2) is 35.7 Å². The molecule has 10 heteroatoms. The van der Waals surface area contributed by atoms with Crippen molar-refractivity contribution in [1.82, 2.24) is 9.88 Å². The number of aromatic nitrogens is 1. The first-order chi connectivity index (χ1) is 20.2. The van der Waals surface area contributed by atoms with E-state index in [0.29, 0.717) is 28.8 Å². The van der Waals surface area contributed by atoms with E-state index in [2.05, 4.69) is 9.88 Å². The average Bonchev–Trinajstić information content (AvgIpc) is 3.27. The van der Waals surface area contributed by atoms with Crippen molar-refractivity contribution < 1.29 is 23.8 Å². The third-order valence-corrected chi connectivity index (χ3v) is 7.45. The molecule has 0 bridgehead atoms. The molecule has 0 aliphatic carbocycles. The Balaban J connectivity index is 1.41. The number of methoxy groups -OCH3 is 2. The molecule has 1 aromatic heterocycles. The van der Waals surface area contributed by atoms with Gasteiger partial charge in [0, 0.05) is 28.2 Å². The summed E-state index contributed by atoms with van der Waals surface area (Å²) in [7, 11) is 3.02. The molecule has 2 heterocycles. The van der Waals surface area contributed by atoms with Crippen LogP contribution in [0.1, 0.15) is 22.5 Å². The molecule has 0 unspecified atom stereocenters. The van der Waals surface area contributed by atoms with Crippen molar-refractivity contribution in [1.29, 1.82) is 0 Å². The SMILES string of the molecule is COc1ccc(N2C(=O)/C(=C/c3cc(C)n(-c4ccc(OCc5ccc(Cl)cc5)cc4)c3C)C(=O)NC2=S)c(OC)c1. The van der Waals surface area contributed by atoms with Crippen LogP contribution < -0.4 is 24.4 Å². The Hall–Kier alpha value is -4.60. The lowest BCUT2D eigenvalue weighted by atomic mass is 10.1. The summed E-state index contributed by atoms with van der Waals surface area (Å²) >= 11 is 11.3. The van der Waals surface area contributed by atoms with E-state index >= 15 is 0 Å². The van der Waals surface area contributed by atoms with Crippen LogP contribution in [0.25, 0.3) is 11.8 Å². The number of carbonyl (C=O) groups is 2. The fourth-order valence-corrected chi connectivity index (χ4v) is 5.17. The molecule has 1 saturated heterocycles. The number of ether oxygens (including phenoxy) is 3. The van der Waals surface area contributed by atoms with E-state index in [1.165, 1.54) is 19.1 Å². The fourth-order valence-electron chi connectivity index (χ4n) is 4.77. The van der Waals surface area contributed by atoms with Gasteiger partial charge >= 0.3 is 0 Å². The molecule has 3 aromatic carbocycles. The number of hydrogen-bond acceptors (Lipinski definition) is 6. The van der Waals surface area contributed by atoms with Gasteiger partial charge in [-0.15, -0.1) is 0 Å². The van der Waals surface area contributed by atoms with Gasteiger partial charge in [-0.25, -0.2) is 4.90 Å². The van der Waals surface area contributed by atoms with E-state index in [9.17, 15) is 9.59 Å². The number of nitrogens with zero attached hydrogens (tertiary/aromatic N) is 2. The number of halogens is 1. The molecule has 0 saturated carbocycles. The predicted octanol–water partition coefficient (Wildman–Crippen LogP) is 6.18. The van der Waals surface area contributed by atoms with Gasteiger partial charge in [0.1, 0.15) is 29.4 Å². The second-order valence-corrected chi connectivity index (χ2v) is 10.4. The number of benzene rings is 3. The standard InChI is InChI=1S/C32H28ClN3O5S/c1-19-15-22(20(2)35(19)24-9-11-25(12-10-24)41-18-21-5-7-23(33)8-6-21)16-27-30(37)34-32(42)36(31(27)38)28-14-13-26(39-3)17-29(28)40-4/h5-17H,18H2,1-4H3,(H,34,37,42)/b27-16+. The highest BCUT2D eigenvalue weighted by Gasteiger charge is 2.36. The van der Waals surface area contributed by atoms with Crippen LogP contribution in [0.3, 0.4) is 0 Å². The topological polar surface area (TPSA) is 82.0 Å². The molecular formula is C32H28ClN3O5S. The maximum absolute atomic E-state index is 13.7. The van der Waals surface area contributed by atoms with Crippen LogP contribution in [0.5, 0.6) is 17.2 Å². The first-order valence-electron chi connectivity index (χ1n) is 13.0. The van der Waals surface area contributed by atoms with Crippen LogP contribution in [0.15, 0.2) is 78.4 Å². The lowest BCUT2D eigenvalue weighted by molar-refractivity contribution is -0.122. The van der Waals surface area contributed by atoms with Crippen molar-refractivity contribution in [2.24, 2.45) is 0 Å². The third-order valence-electron chi connectivity index (χ3n) is 6.91. The molecule has 42 heavy (non-hydrogen) atoms. The molecular weight excluding hydrogens is 574 g/mol. The van der Waals surface area contributed by atoms with Gasteiger partial charge in [-0.1, -0.05) is 23.7 Å². The van der Waals surface area contributed by atoms with E-state index < -0.39 is 11.8 Å². The van der Waals surface area contributed by atoms with E-state index in [1.54, 1.807) is 24.3 Å². The van der Waals surface area contributed by atoms with Crippen molar-refractivity contribution in [3.05, 3.63) is 106 Å². The van der Waals surface area contributed by atoms with Gasteiger partial charge in [0.05, 0.1) is 19.9 Å². The van der Waals surface area contributed by atoms with Gasteiger partial charge in [-0.05, 0) is 97.9 Å². The number of carbonyl (C=O) groups excluding carboxylic acids is 2. The van der Waals surface area contributed by atoms with E-state index in [-0.39, 0.29) is 10.7 Å². The van der Waals surface area contributed by atoms with Gasteiger partial charge < -0.3 is 18.8 Å². The third kappa shape index (κ3) is 5.74. The number of thiocarbonyl (C=S) groups is 1. The van der Waals surface area contributed by atoms with Crippen LogP contribution in [-0.2, 0) is 16.2 Å². The summed E-state index contributed by atoms with van der Waals surface area (Å²) < 4.78 is 18.7. The van der Waals surface area contributed by atoms with Crippen molar-refractivity contribution >= 4 is 52.5 Å². The first kappa shape index (κ1) is 28.9. The Morgan fingerprint density at radius 3 is 2.26 bits per heavy atom. The van der Waals surface area contributed by atoms with E-state index in [1.807, 2.05) is 68.4 Å². The number of amides is 2. The molecule has 4 aromatic rings. The summed E-state index contributed by atoms with van der Waals surface area (Å²) in [6.07, 6.45) is 1.59. The zero-order valence-electron chi connectivity index (χ0n) is 23.4. The highest BCUT2D eigenvalue weighted by atomic mass is 35.5. The summed E-state index contributed by atoms with van der Waals surface area (Å²) in [6.45, 7) is 4.32. The van der Waals surface area contributed by atoms with Crippen LogP contribution >= 0.6 is 23.8 Å². The van der Waals surface area contributed by atoms with E-state index in [4.69, 9.17) is 38.0 Å². The molecule has 8 nitrogen and oxygen atoms in total. The highest BCUT2D eigenvalue weighted by molar-refractivity contribution is 7.80. The molecule has 1 aliphatic heterocycles. The average molecular weight is 602 g/mol. The summed E-state index contributed by atoms with van der Waals surface area (Å²) in [6, 6.07) is 22.2. The van der Waals surface area contributed by atoms with Gasteiger partial charge in [0.15, 0.2) is 5.11 Å². The second-order valence-electron chi connectivity index (χ2n) is 9.57. The Kier molecular flexibility index (Phi) is 8.33. The number of hydrogen-bond donors (Lipinski definition) is 1. The zero-order chi connectivity index (χ0) is 30.0. The van der Waals surface area contributed by atoms with Crippen molar-refractivity contribution in [2.45, 2.75) is 20.5 Å². The minimum atomic E-state index is -0.569. The monoisotopic (exact) mass is 601 g/mol. The molecule has 214 valence electrons. The molecule has 1 fully saturated rings. The minimum absolute atomic E-state index is 0.0329. The number of rotatable bonds is 8. The molecule has 0 atom stereocenters. The quantitative estimate of drug-likeness (QED) is 0.148. The number of aryl methyl sites for hydroxylation is 1. The number of anilines is 1. The van der Waals surface area contributed by atoms with Crippen molar-refractivity contribution in [3.8, 4) is 22.9 Å². The first-order valence-corrected chi connectivity index (χ1v) is 13.8. The highest BCUT2D eigenvalue weighted by Crippen LogP contribution is 2.35. The summed E-state index contributed by atoms with van der Waals surface area (Å²) in [5.41, 5.74) is 4.79. The summed E-state index contributed by atoms with van der Waals surface area (Å²) in [5, 5.41) is 3.28. The summed E-state index contributed by atoms with van der Waals surface area (Å²) in [4.78, 5) is 27.9. The fraction of sp³-hybridized carbons (Fsp3) is 0.156. The van der Waals surface area contributed by atoms with Gasteiger partial charge in [-0.3, -0.25) is 14.9 Å². The van der Waals surface area contributed by atoms with Gasteiger partial charge in [-0.2, -0.15) is 0 Å². The largest absolute Gasteiger partial charge is 0.497 e. The zero-order valence-corrected chi connectivity index (χ0v) is 25.0. The van der Waals surface area contributed by atoms with Crippen LogP contribution in [0.4, 0.5) is 5.69 Å². The maximum Gasteiger partial charge on any atom is 0.270 e. The van der Waals surface area contributed by atoms with Crippen molar-refractivity contribution in [3.63, 3.8) is 0 Å². The lowest BCUT2D eigenvalue weighted by Crippen LogP contribution is -2.54. The number of nitrogens with one attached hydrogen (secondary N) is 1. The molecule has 5 rings (SSSR count). The predicted molar refractivity (Wildman–Crippen MR) is 167 cm³/mol. The van der Waals surface area contributed by atoms with Crippen LogP contribution in [0.2, 0.25) is 5.02 Å². The van der Waals surface area contributed by atoms with E-state index in [0.717, 1.165) is 34.0 Å². The summed E-state index contributed by atoms with van der Waals surface area (Å²) in [5.74, 6) is 0.534. The molecule has 2 amide bonds. The second kappa shape index (κ2) is 12.1. The Morgan fingerprint density at radius 1 is 0.905 bits per heavy atom. The molecule has 1 aliphatic rings. The molecule has 0 radical (unpaired) electrons. The van der Waals surface area contributed by atoms with Gasteiger partial charge in [0.2, 0.25) is 0 Å². The Bertz CT molecular complexity index is 1710.